The standard InChI is InChI=1S/C31H32ClN5O5/c1-20-14-27(42-2)25(15-24(20)32)34-29(39)18-36-26-11-7-6-10-23(26)30(40)37(31(36)41)19-28(38)33-22-12-13-35(17-22)16-21-8-4-3-5-9-21/h3-11,14-15,22H,12-13,16-19H2,1-2H3,(H,33,38)(H,34,39). The first-order valence-corrected chi connectivity index (χ1v) is 14.0. The van der Waals surface area contributed by atoms with Gasteiger partial charge in [0.05, 0.1) is 23.7 Å². The maximum Gasteiger partial charge on any atom is 0.332 e. The maximum absolute atomic E-state index is 13.6. The van der Waals surface area contributed by atoms with Crippen molar-refractivity contribution in [3.63, 3.8) is 0 Å². The number of amides is 2. The summed E-state index contributed by atoms with van der Waals surface area (Å²) in [6.07, 6.45) is 0.766. The smallest absolute Gasteiger partial charge is 0.332 e. The summed E-state index contributed by atoms with van der Waals surface area (Å²) in [7, 11) is 1.48. The fourth-order valence-corrected chi connectivity index (χ4v) is 5.43. The second-order valence-corrected chi connectivity index (χ2v) is 10.8. The van der Waals surface area contributed by atoms with E-state index in [1.54, 1.807) is 36.4 Å². The molecular weight excluding hydrogens is 558 g/mol. The van der Waals surface area contributed by atoms with E-state index in [2.05, 4.69) is 27.7 Å². The van der Waals surface area contributed by atoms with E-state index >= 15 is 0 Å². The molecule has 1 saturated heterocycles. The number of halogens is 1. The molecule has 4 aromatic rings. The molecule has 0 spiro atoms. The Labute approximate surface area is 247 Å². The highest BCUT2D eigenvalue weighted by Crippen LogP contribution is 2.31. The summed E-state index contributed by atoms with van der Waals surface area (Å²) in [4.78, 5) is 55.2. The van der Waals surface area contributed by atoms with Crippen LogP contribution in [0.2, 0.25) is 5.02 Å². The van der Waals surface area contributed by atoms with Gasteiger partial charge in [-0.3, -0.25) is 28.4 Å². The number of para-hydroxylation sites is 1. The van der Waals surface area contributed by atoms with Gasteiger partial charge in [0.15, 0.2) is 0 Å². The number of fused-ring (bicyclic) bond motifs is 1. The zero-order valence-electron chi connectivity index (χ0n) is 23.4. The summed E-state index contributed by atoms with van der Waals surface area (Å²) in [5.41, 5.74) is 1.27. The SMILES string of the molecule is COc1cc(C)c(Cl)cc1NC(=O)Cn1c(=O)n(CC(=O)NC2CCN(Cc3ccccc3)C2)c(=O)c2ccccc21. The fourth-order valence-electron chi connectivity index (χ4n) is 5.27. The predicted molar refractivity (Wildman–Crippen MR) is 162 cm³/mol. The van der Waals surface area contributed by atoms with Gasteiger partial charge in [-0.2, -0.15) is 0 Å². The average molecular weight is 590 g/mol. The number of aromatic nitrogens is 2. The largest absolute Gasteiger partial charge is 0.495 e. The summed E-state index contributed by atoms with van der Waals surface area (Å²) in [6.45, 7) is 3.24. The minimum atomic E-state index is -0.755. The van der Waals surface area contributed by atoms with Gasteiger partial charge in [0.25, 0.3) is 5.56 Å². The Hall–Kier alpha value is -4.41. The number of anilines is 1. The van der Waals surface area contributed by atoms with E-state index in [0.717, 1.165) is 29.6 Å². The number of benzene rings is 3. The third-order valence-corrected chi connectivity index (χ3v) is 7.78. The first-order chi connectivity index (χ1) is 20.2. The van der Waals surface area contributed by atoms with Crippen LogP contribution in [0.25, 0.3) is 10.9 Å². The summed E-state index contributed by atoms with van der Waals surface area (Å²) in [6, 6.07) is 19.8. The fraction of sp³-hybridized carbons (Fsp3) is 0.290. The van der Waals surface area contributed by atoms with E-state index < -0.39 is 36.2 Å². The van der Waals surface area contributed by atoms with Crippen molar-refractivity contribution in [2.45, 2.75) is 39.0 Å². The Morgan fingerprint density at radius 1 is 0.976 bits per heavy atom. The molecule has 2 amide bonds. The van der Waals surface area contributed by atoms with Crippen molar-refractivity contribution >= 4 is 40.0 Å². The number of carbonyl (C=O) groups is 2. The number of nitrogens with one attached hydrogen (secondary N) is 2. The highest BCUT2D eigenvalue weighted by molar-refractivity contribution is 6.31. The van der Waals surface area contributed by atoms with Crippen molar-refractivity contribution in [2.24, 2.45) is 0 Å². The van der Waals surface area contributed by atoms with Crippen LogP contribution in [0.1, 0.15) is 17.5 Å². The molecule has 0 bridgehead atoms. The lowest BCUT2D eigenvalue weighted by Gasteiger charge is -2.18. The van der Waals surface area contributed by atoms with Gasteiger partial charge in [0, 0.05) is 30.7 Å². The molecule has 1 aliphatic heterocycles. The minimum Gasteiger partial charge on any atom is -0.495 e. The Morgan fingerprint density at radius 2 is 1.69 bits per heavy atom. The lowest BCUT2D eigenvalue weighted by molar-refractivity contribution is -0.122. The lowest BCUT2D eigenvalue weighted by atomic mass is 10.2. The van der Waals surface area contributed by atoms with Crippen LogP contribution >= 0.6 is 11.6 Å². The average Bonchev–Trinajstić information content (AvgIpc) is 3.41. The number of methoxy groups -OCH3 is 1. The Morgan fingerprint density at radius 3 is 2.45 bits per heavy atom. The number of hydrogen-bond acceptors (Lipinski definition) is 6. The Balaban J connectivity index is 1.33. The molecule has 42 heavy (non-hydrogen) atoms. The van der Waals surface area contributed by atoms with Gasteiger partial charge in [-0.25, -0.2) is 4.79 Å². The van der Waals surface area contributed by atoms with Crippen LogP contribution in [-0.4, -0.2) is 52.1 Å². The summed E-state index contributed by atoms with van der Waals surface area (Å²) in [5, 5.41) is 6.37. The van der Waals surface area contributed by atoms with Crippen molar-refractivity contribution < 1.29 is 14.3 Å². The number of carbonyl (C=O) groups excluding carboxylic acids is 2. The monoisotopic (exact) mass is 589 g/mol. The number of aryl methyl sites for hydroxylation is 1. The van der Waals surface area contributed by atoms with Crippen LogP contribution < -0.4 is 26.6 Å². The van der Waals surface area contributed by atoms with Gasteiger partial charge in [0.2, 0.25) is 11.8 Å². The van der Waals surface area contributed by atoms with Crippen LogP contribution in [-0.2, 0) is 29.2 Å². The summed E-state index contributed by atoms with van der Waals surface area (Å²) >= 11 is 6.24. The normalized spacial score (nSPS) is 15.1. The molecule has 0 saturated carbocycles. The molecule has 1 unspecified atom stereocenters. The topological polar surface area (TPSA) is 115 Å². The molecule has 2 N–H and O–H groups in total. The summed E-state index contributed by atoms with van der Waals surface area (Å²) < 4.78 is 7.43. The molecule has 1 aliphatic rings. The molecule has 2 heterocycles. The predicted octanol–water partition coefficient (Wildman–Crippen LogP) is 3.16. The Bertz CT molecular complexity index is 1750. The van der Waals surface area contributed by atoms with Crippen molar-refractivity contribution in [3.05, 3.63) is 104 Å². The van der Waals surface area contributed by atoms with E-state index in [1.165, 1.54) is 17.2 Å². The van der Waals surface area contributed by atoms with Crippen LogP contribution in [0.4, 0.5) is 5.69 Å². The molecule has 3 aromatic carbocycles. The highest BCUT2D eigenvalue weighted by atomic mass is 35.5. The first kappa shape index (κ1) is 29.1. The molecule has 0 aliphatic carbocycles. The number of rotatable bonds is 9. The molecule has 11 heteroatoms. The molecule has 1 atom stereocenters. The van der Waals surface area contributed by atoms with Crippen LogP contribution in [0, 0.1) is 6.92 Å². The van der Waals surface area contributed by atoms with Gasteiger partial charge in [-0.15, -0.1) is 0 Å². The van der Waals surface area contributed by atoms with Crippen molar-refractivity contribution in [1.82, 2.24) is 19.4 Å². The van der Waals surface area contributed by atoms with E-state index in [0.29, 0.717) is 28.5 Å². The van der Waals surface area contributed by atoms with Gasteiger partial charge >= 0.3 is 5.69 Å². The van der Waals surface area contributed by atoms with E-state index in [9.17, 15) is 19.2 Å². The van der Waals surface area contributed by atoms with Crippen molar-refractivity contribution in [1.29, 1.82) is 0 Å². The number of hydrogen-bond donors (Lipinski definition) is 2. The van der Waals surface area contributed by atoms with Crippen molar-refractivity contribution in [3.8, 4) is 5.75 Å². The van der Waals surface area contributed by atoms with Gasteiger partial charge in [0.1, 0.15) is 18.8 Å². The molecule has 0 radical (unpaired) electrons. The quantitative estimate of drug-likeness (QED) is 0.310. The van der Waals surface area contributed by atoms with Crippen LogP contribution in [0.5, 0.6) is 5.75 Å². The Kier molecular flexibility index (Phi) is 8.75. The van der Waals surface area contributed by atoms with Crippen LogP contribution in [0.3, 0.4) is 0 Å². The molecule has 218 valence electrons. The third kappa shape index (κ3) is 6.40. The van der Waals surface area contributed by atoms with Gasteiger partial charge in [-0.1, -0.05) is 54.1 Å². The second-order valence-electron chi connectivity index (χ2n) is 10.4. The molecular formula is C31H32ClN5O5. The lowest BCUT2D eigenvalue weighted by Crippen LogP contribution is -2.46. The number of likely N-dealkylation sites (tertiary alicyclic amines) is 1. The van der Waals surface area contributed by atoms with E-state index in [-0.39, 0.29) is 11.4 Å². The molecule has 1 fully saturated rings. The molecule has 10 nitrogen and oxygen atoms in total. The molecule has 1 aromatic heterocycles. The number of ether oxygens (including phenoxy) is 1. The van der Waals surface area contributed by atoms with E-state index in [1.807, 2.05) is 25.1 Å². The zero-order chi connectivity index (χ0) is 29.8. The number of nitrogens with zero attached hydrogens (tertiary/aromatic N) is 3. The van der Waals surface area contributed by atoms with Crippen LogP contribution in [0.15, 0.2) is 76.3 Å². The van der Waals surface area contributed by atoms with Gasteiger partial charge < -0.3 is 15.4 Å². The maximum atomic E-state index is 13.6. The van der Waals surface area contributed by atoms with Gasteiger partial charge in [-0.05, 0) is 48.7 Å². The van der Waals surface area contributed by atoms with E-state index in [4.69, 9.17) is 16.3 Å². The summed E-state index contributed by atoms with van der Waals surface area (Å²) in [5.74, 6) is -0.552. The highest BCUT2D eigenvalue weighted by Gasteiger charge is 2.25. The molecule has 5 rings (SSSR count). The third-order valence-electron chi connectivity index (χ3n) is 7.38. The minimum absolute atomic E-state index is 0.0957. The first-order valence-electron chi connectivity index (χ1n) is 13.7. The second kappa shape index (κ2) is 12.6. The van der Waals surface area contributed by atoms with Crippen molar-refractivity contribution in [2.75, 3.05) is 25.5 Å². The zero-order valence-corrected chi connectivity index (χ0v) is 24.2.